The maximum absolute atomic E-state index is 13.0. The van der Waals surface area contributed by atoms with E-state index in [-0.39, 0.29) is 11.5 Å². The Morgan fingerprint density at radius 3 is 2.92 bits per heavy atom. The summed E-state index contributed by atoms with van der Waals surface area (Å²) in [5, 5.41) is 1.34. The number of amides is 1. The second-order valence-electron chi connectivity index (χ2n) is 7.89. The molecule has 1 aromatic heterocycles. The van der Waals surface area contributed by atoms with Crippen LogP contribution < -0.4 is 0 Å². The third-order valence-corrected chi connectivity index (χ3v) is 6.45. The Bertz CT molecular complexity index is 777. The van der Waals surface area contributed by atoms with Gasteiger partial charge in [-0.05, 0) is 50.2 Å². The summed E-state index contributed by atoms with van der Waals surface area (Å²) in [6.45, 7) is 7.58. The van der Waals surface area contributed by atoms with Crippen LogP contribution in [0.3, 0.4) is 0 Å². The number of aromatic amines is 1. The van der Waals surface area contributed by atoms with Gasteiger partial charge in [-0.2, -0.15) is 0 Å². The standard InChI is InChI=1S/C21H28N2O/c1-4-8-15-13-14(2)20(24)23-12-7-10-17-16-9-5-6-11-18(16)22-19(17)21(15,23)3/h5-6,9,11,14-15,22H,4,7-8,10,12-13H2,1-3H3/t14-,15+,21-/m0/s1. The molecule has 3 heterocycles. The van der Waals surface area contributed by atoms with Crippen molar-refractivity contribution in [1.82, 2.24) is 9.88 Å². The zero-order valence-corrected chi connectivity index (χ0v) is 15.1. The van der Waals surface area contributed by atoms with Crippen molar-refractivity contribution in [2.24, 2.45) is 11.8 Å². The van der Waals surface area contributed by atoms with Gasteiger partial charge in [0.05, 0.1) is 5.54 Å². The molecule has 4 rings (SSSR count). The molecule has 0 unspecified atom stereocenters. The quantitative estimate of drug-likeness (QED) is 0.860. The summed E-state index contributed by atoms with van der Waals surface area (Å²) in [5.41, 5.74) is 3.77. The lowest BCUT2D eigenvalue weighted by Crippen LogP contribution is -2.58. The van der Waals surface area contributed by atoms with Crippen LogP contribution in [0, 0.1) is 11.8 Å². The van der Waals surface area contributed by atoms with Gasteiger partial charge in [0.25, 0.3) is 0 Å². The topological polar surface area (TPSA) is 36.1 Å². The fraction of sp³-hybridized carbons (Fsp3) is 0.571. The number of aromatic nitrogens is 1. The lowest BCUT2D eigenvalue weighted by molar-refractivity contribution is -0.152. The van der Waals surface area contributed by atoms with Gasteiger partial charge in [0.1, 0.15) is 0 Å². The molecule has 0 aliphatic carbocycles. The highest BCUT2D eigenvalue weighted by atomic mass is 16.2. The first-order valence-corrected chi connectivity index (χ1v) is 9.49. The smallest absolute Gasteiger partial charge is 0.226 e. The van der Waals surface area contributed by atoms with Gasteiger partial charge in [0.2, 0.25) is 5.91 Å². The molecule has 2 aliphatic rings. The molecule has 0 saturated carbocycles. The Kier molecular flexibility index (Phi) is 3.70. The number of fused-ring (bicyclic) bond motifs is 5. The van der Waals surface area contributed by atoms with E-state index in [1.165, 1.54) is 35.0 Å². The SMILES string of the molecule is CCC[C@@H]1C[C@H](C)C(=O)N2CCCc3c([nH]c4ccccc34)[C@]12C. The van der Waals surface area contributed by atoms with Gasteiger partial charge < -0.3 is 9.88 Å². The number of aryl methyl sites for hydroxylation is 1. The Balaban J connectivity index is 1.94. The van der Waals surface area contributed by atoms with Crippen molar-refractivity contribution < 1.29 is 4.79 Å². The van der Waals surface area contributed by atoms with Crippen molar-refractivity contribution in [3.8, 4) is 0 Å². The van der Waals surface area contributed by atoms with E-state index in [0.29, 0.717) is 11.8 Å². The zero-order valence-electron chi connectivity index (χ0n) is 15.1. The summed E-state index contributed by atoms with van der Waals surface area (Å²) < 4.78 is 0. The molecule has 1 N–H and O–H groups in total. The predicted octanol–water partition coefficient (Wildman–Crippen LogP) is 4.61. The van der Waals surface area contributed by atoms with Crippen molar-refractivity contribution in [2.45, 2.75) is 58.4 Å². The van der Waals surface area contributed by atoms with Crippen molar-refractivity contribution in [3.63, 3.8) is 0 Å². The lowest BCUT2D eigenvalue weighted by atomic mass is 9.70. The number of carbonyl (C=O) groups is 1. The zero-order chi connectivity index (χ0) is 16.9. The largest absolute Gasteiger partial charge is 0.356 e. The van der Waals surface area contributed by atoms with E-state index in [9.17, 15) is 4.79 Å². The predicted molar refractivity (Wildman–Crippen MR) is 97.9 cm³/mol. The summed E-state index contributed by atoms with van der Waals surface area (Å²) in [4.78, 5) is 18.9. The van der Waals surface area contributed by atoms with E-state index in [0.717, 1.165) is 25.8 Å². The minimum Gasteiger partial charge on any atom is -0.356 e. The number of rotatable bonds is 2. The van der Waals surface area contributed by atoms with Crippen molar-refractivity contribution >= 4 is 16.8 Å². The van der Waals surface area contributed by atoms with Crippen LogP contribution in [-0.2, 0) is 16.8 Å². The molecule has 1 fully saturated rings. The molecule has 3 nitrogen and oxygen atoms in total. The number of nitrogens with one attached hydrogen (secondary N) is 1. The molecular weight excluding hydrogens is 296 g/mol. The van der Waals surface area contributed by atoms with Gasteiger partial charge in [-0.25, -0.2) is 0 Å². The first kappa shape index (κ1) is 15.7. The third-order valence-electron chi connectivity index (χ3n) is 6.45. The van der Waals surface area contributed by atoms with Crippen molar-refractivity contribution in [2.75, 3.05) is 6.54 Å². The highest BCUT2D eigenvalue weighted by Crippen LogP contribution is 2.49. The summed E-state index contributed by atoms with van der Waals surface area (Å²) >= 11 is 0. The second-order valence-corrected chi connectivity index (χ2v) is 7.89. The summed E-state index contributed by atoms with van der Waals surface area (Å²) in [7, 11) is 0. The number of carbonyl (C=O) groups excluding carboxylic acids is 1. The molecule has 24 heavy (non-hydrogen) atoms. The molecular formula is C21H28N2O. The van der Waals surface area contributed by atoms with Crippen LogP contribution in [0.15, 0.2) is 24.3 Å². The van der Waals surface area contributed by atoms with Gasteiger partial charge in [0, 0.05) is 29.1 Å². The van der Waals surface area contributed by atoms with E-state index >= 15 is 0 Å². The van der Waals surface area contributed by atoms with E-state index in [1.807, 2.05) is 0 Å². The van der Waals surface area contributed by atoms with Crippen LogP contribution in [0.1, 0.15) is 57.7 Å². The molecule has 1 saturated heterocycles. The molecule has 1 aromatic carbocycles. The summed E-state index contributed by atoms with van der Waals surface area (Å²) in [5.74, 6) is 1.03. The number of piperidine rings is 1. The van der Waals surface area contributed by atoms with E-state index in [4.69, 9.17) is 0 Å². The summed E-state index contributed by atoms with van der Waals surface area (Å²) in [6, 6.07) is 8.61. The van der Waals surface area contributed by atoms with Gasteiger partial charge in [-0.3, -0.25) is 4.79 Å². The molecule has 1 amide bonds. The van der Waals surface area contributed by atoms with Crippen LogP contribution in [0.2, 0.25) is 0 Å². The molecule has 0 spiro atoms. The number of hydrogen-bond acceptors (Lipinski definition) is 1. The highest BCUT2D eigenvalue weighted by Gasteiger charge is 2.51. The highest BCUT2D eigenvalue weighted by molar-refractivity contribution is 5.87. The van der Waals surface area contributed by atoms with Gasteiger partial charge in [-0.1, -0.05) is 38.5 Å². The first-order valence-electron chi connectivity index (χ1n) is 9.49. The number of nitrogens with zero attached hydrogens (tertiary/aromatic N) is 1. The van der Waals surface area contributed by atoms with Crippen molar-refractivity contribution in [3.05, 3.63) is 35.5 Å². The van der Waals surface area contributed by atoms with Crippen LogP contribution in [-0.4, -0.2) is 22.3 Å². The number of para-hydroxylation sites is 1. The van der Waals surface area contributed by atoms with Gasteiger partial charge >= 0.3 is 0 Å². The average Bonchev–Trinajstić information content (AvgIpc) is 2.88. The van der Waals surface area contributed by atoms with Crippen molar-refractivity contribution in [1.29, 1.82) is 0 Å². The first-order chi connectivity index (χ1) is 11.6. The van der Waals surface area contributed by atoms with Crippen LogP contribution in [0.4, 0.5) is 0 Å². The van der Waals surface area contributed by atoms with Gasteiger partial charge in [-0.15, -0.1) is 0 Å². The molecule has 2 aliphatic heterocycles. The second kappa shape index (κ2) is 5.65. The minimum absolute atomic E-state index is 0.153. The van der Waals surface area contributed by atoms with E-state index < -0.39 is 0 Å². The molecule has 2 aromatic rings. The Morgan fingerprint density at radius 1 is 1.33 bits per heavy atom. The Morgan fingerprint density at radius 2 is 2.12 bits per heavy atom. The fourth-order valence-corrected chi connectivity index (χ4v) is 5.21. The molecule has 0 bridgehead atoms. The fourth-order valence-electron chi connectivity index (χ4n) is 5.21. The van der Waals surface area contributed by atoms with E-state index in [1.54, 1.807) is 0 Å². The molecule has 128 valence electrons. The number of benzene rings is 1. The van der Waals surface area contributed by atoms with Crippen LogP contribution in [0.25, 0.3) is 10.9 Å². The van der Waals surface area contributed by atoms with Crippen LogP contribution in [0.5, 0.6) is 0 Å². The number of hydrogen-bond donors (Lipinski definition) is 1. The Labute approximate surface area is 144 Å². The lowest BCUT2D eigenvalue weighted by Gasteiger charge is -2.51. The maximum Gasteiger partial charge on any atom is 0.226 e. The number of H-pyrrole nitrogens is 1. The summed E-state index contributed by atoms with van der Waals surface area (Å²) in [6.07, 6.45) is 5.48. The monoisotopic (exact) mass is 324 g/mol. The van der Waals surface area contributed by atoms with E-state index in [2.05, 4.69) is 54.9 Å². The molecule has 3 heteroatoms. The molecule has 3 atom stereocenters. The van der Waals surface area contributed by atoms with Gasteiger partial charge in [0.15, 0.2) is 0 Å². The van der Waals surface area contributed by atoms with Crippen LogP contribution >= 0.6 is 0 Å². The maximum atomic E-state index is 13.0. The molecule has 0 radical (unpaired) electrons. The average molecular weight is 324 g/mol. The normalized spacial score (nSPS) is 30.1. The Hall–Kier alpha value is -1.77. The third kappa shape index (κ3) is 2.06. The minimum atomic E-state index is -0.190.